The Morgan fingerprint density at radius 3 is 3.11 bits per heavy atom. The third-order valence-corrected chi connectivity index (χ3v) is 3.24. The van der Waals surface area contributed by atoms with Crippen LogP contribution in [0.1, 0.15) is 11.1 Å². The summed E-state index contributed by atoms with van der Waals surface area (Å²) >= 11 is 0. The Morgan fingerprint density at radius 1 is 1.63 bits per heavy atom. The second kappa shape index (κ2) is 5.78. The van der Waals surface area contributed by atoms with Crippen molar-refractivity contribution in [2.75, 3.05) is 19.6 Å². The molecule has 1 fully saturated rings. The summed E-state index contributed by atoms with van der Waals surface area (Å²) in [6.45, 7) is 2.19. The fourth-order valence-electron chi connectivity index (χ4n) is 2.24. The molecule has 0 spiro atoms. The van der Waals surface area contributed by atoms with Crippen molar-refractivity contribution in [2.45, 2.75) is 12.6 Å². The van der Waals surface area contributed by atoms with E-state index in [0.717, 1.165) is 6.54 Å². The van der Waals surface area contributed by atoms with Gasteiger partial charge in [0.05, 0.1) is 11.6 Å². The smallest absolute Gasteiger partial charge is 0.236 e. The van der Waals surface area contributed by atoms with Crippen LogP contribution in [0.3, 0.4) is 0 Å². The van der Waals surface area contributed by atoms with Crippen LogP contribution in [0, 0.1) is 17.1 Å². The first-order valence-electron chi connectivity index (χ1n) is 6.04. The molecular formula is C13H15FN4O. The standard InChI is InChI=1S/C13H15FN4O/c14-11-2-1-9(6-15)10(5-11)8-18-4-3-17-7-12(18)13(16)19/h1-2,5,12,17H,3-4,7-8H2,(H2,16,19). The Kier molecular flexibility index (Phi) is 4.10. The Labute approximate surface area is 110 Å². The van der Waals surface area contributed by atoms with Gasteiger partial charge in [-0.3, -0.25) is 9.69 Å². The van der Waals surface area contributed by atoms with E-state index in [0.29, 0.717) is 30.8 Å². The molecule has 1 aromatic carbocycles. The van der Waals surface area contributed by atoms with Crippen molar-refractivity contribution in [3.05, 3.63) is 35.1 Å². The molecule has 1 heterocycles. The number of nitrogens with zero attached hydrogens (tertiary/aromatic N) is 2. The molecule has 1 saturated heterocycles. The van der Waals surface area contributed by atoms with Crippen molar-refractivity contribution in [3.8, 4) is 6.07 Å². The largest absolute Gasteiger partial charge is 0.368 e. The maximum atomic E-state index is 13.3. The molecule has 19 heavy (non-hydrogen) atoms. The highest BCUT2D eigenvalue weighted by Crippen LogP contribution is 2.15. The number of primary amides is 1. The predicted octanol–water partition coefficient (Wildman–Crippen LogP) is -0.0435. The van der Waals surface area contributed by atoms with E-state index < -0.39 is 11.9 Å². The molecule has 1 atom stereocenters. The van der Waals surface area contributed by atoms with Crippen LogP contribution in [0.15, 0.2) is 18.2 Å². The van der Waals surface area contributed by atoms with Gasteiger partial charge in [-0.25, -0.2) is 4.39 Å². The van der Waals surface area contributed by atoms with Crippen molar-refractivity contribution >= 4 is 5.91 Å². The Bertz CT molecular complexity index is 526. The van der Waals surface area contributed by atoms with Crippen molar-refractivity contribution in [3.63, 3.8) is 0 Å². The molecule has 1 aliphatic heterocycles. The molecule has 0 radical (unpaired) electrons. The van der Waals surface area contributed by atoms with Crippen molar-refractivity contribution in [1.82, 2.24) is 10.2 Å². The number of benzene rings is 1. The van der Waals surface area contributed by atoms with Gasteiger partial charge in [-0.2, -0.15) is 5.26 Å². The van der Waals surface area contributed by atoms with E-state index in [9.17, 15) is 9.18 Å². The molecule has 2 rings (SSSR count). The van der Waals surface area contributed by atoms with Gasteiger partial charge < -0.3 is 11.1 Å². The monoisotopic (exact) mass is 262 g/mol. The number of piperazine rings is 1. The highest BCUT2D eigenvalue weighted by atomic mass is 19.1. The molecule has 5 nitrogen and oxygen atoms in total. The van der Waals surface area contributed by atoms with Gasteiger partial charge in [-0.15, -0.1) is 0 Å². The van der Waals surface area contributed by atoms with Gasteiger partial charge in [0.1, 0.15) is 11.9 Å². The minimum Gasteiger partial charge on any atom is -0.368 e. The van der Waals surface area contributed by atoms with E-state index in [1.165, 1.54) is 18.2 Å². The van der Waals surface area contributed by atoms with Crippen LogP contribution in [-0.4, -0.2) is 36.5 Å². The van der Waals surface area contributed by atoms with Crippen LogP contribution in [0.5, 0.6) is 0 Å². The number of hydrogen-bond acceptors (Lipinski definition) is 4. The summed E-state index contributed by atoms with van der Waals surface area (Å²) in [5, 5.41) is 12.1. The highest BCUT2D eigenvalue weighted by Gasteiger charge is 2.27. The average Bonchev–Trinajstić information content (AvgIpc) is 2.39. The third-order valence-electron chi connectivity index (χ3n) is 3.24. The maximum Gasteiger partial charge on any atom is 0.236 e. The molecule has 0 aliphatic carbocycles. The van der Waals surface area contributed by atoms with Gasteiger partial charge in [-0.1, -0.05) is 0 Å². The number of amides is 1. The van der Waals surface area contributed by atoms with E-state index >= 15 is 0 Å². The fraction of sp³-hybridized carbons (Fsp3) is 0.385. The maximum absolute atomic E-state index is 13.3. The van der Waals surface area contributed by atoms with Gasteiger partial charge in [-0.05, 0) is 23.8 Å². The van der Waals surface area contributed by atoms with Crippen molar-refractivity contribution < 1.29 is 9.18 Å². The topological polar surface area (TPSA) is 82.2 Å². The quantitative estimate of drug-likeness (QED) is 0.800. The molecule has 3 N–H and O–H groups in total. The van der Waals surface area contributed by atoms with E-state index in [4.69, 9.17) is 11.0 Å². The summed E-state index contributed by atoms with van der Waals surface area (Å²) in [6.07, 6.45) is 0. The first-order valence-corrected chi connectivity index (χ1v) is 6.04. The zero-order chi connectivity index (χ0) is 13.8. The first kappa shape index (κ1) is 13.5. The molecule has 6 heteroatoms. The molecule has 0 bridgehead atoms. The summed E-state index contributed by atoms with van der Waals surface area (Å²) in [7, 11) is 0. The number of carbonyl (C=O) groups is 1. The number of halogens is 1. The minimum absolute atomic E-state index is 0.343. The van der Waals surface area contributed by atoms with Gasteiger partial charge in [0.25, 0.3) is 0 Å². The van der Waals surface area contributed by atoms with Crippen LogP contribution < -0.4 is 11.1 Å². The number of nitriles is 1. The molecule has 1 aromatic rings. The second-order valence-electron chi connectivity index (χ2n) is 4.51. The summed E-state index contributed by atoms with van der Waals surface area (Å²) in [5.41, 5.74) is 6.35. The average molecular weight is 262 g/mol. The molecule has 1 unspecified atom stereocenters. The summed E-state index contributed by atoms with van der Waals surface area (Å²) in [5.74, 6) is -0.804. The lowest BCUT2D eigenvalue weighted by Crippen LogP contribution is -2.56. The second-order valence-corrected chi connectivity index (χ2v) is 4.51. The van der Waals surface area contributed by atoms with Gasteiger partial charge >= 0.3 is 0 Å². The molecule has 0 saturated carbocycles. The summed E-state index contributed by atoms with van der Waals surface area (Å²) in [6, 6.07) is 5.64. The Morgan fingerprint density at radius 2 is 2.42 bits per heavy atom. The molecule has 0 aromatic heterocycles. The normalized spacial score (nSPS) is 19.9. The predicted molar refractivity (Wildman–Crippen MR) is 67.4 cm³/mol. The van der Waals surface area contributed by atoms with E-state index in [-0.39, 0.29) is 5.82 Å². The third kappa shape index (κ3) is 3.08. The number of carbonyl (C=O) groups excluding carboxylic acids is 1. The highest BCUT2D eigenvalue weighted by molar-refractivity contribution is 5.80. The van der Waals surface area contributed by atoms with Crippen molar-refractivity contribution in [1.29, 1.82) is 5.26 Å². The molecular weight excluding hydrogens is 247 g/mol. The van der Waals surface area contributed by atoms with E-state index in [1.807, 2.05) is 11.0 Å². The number of hydrogen-bond donors (Lipinski definition) is 2. The first-order chi connectivity index (χ1) is 9.11. The lowest BCUT2D eigenvalue weighted by molar-refractivity contribution is -0.124. The molecule has 1 aliphatic rings. The number of rotatable bonds is 3. The van der Waals surface area contributed by atoms with Crippen LogP contribution in [-0.2, 0) is 11.3 Å². The van der Waals surface area contributed by atoms with Crippen LogP contribution in [0.25, 0.3) is 0 Å². The summed E-state index contributed by atoms with van der Waals surface area (Å²) in [4.78, 5) is 13.2. The Hall–Kier alpha value is -1.97. The zero-order valence-electron chi connectivity index (χ0n) is 10.4. The molecule has 1 amide bonds. The lowest BCUT2D eigenvalue weighted by atomic mass is 10.1. The SMILES string of the molecule is N#Cc1ccc(F)cc1CN1CCNCC1C(N)=O. The minimum atomic E-state index is -0.427. The van der Waals surface area contributed by atoms with Gasteiger partial charge in [0.15, 0.2) is 0 Å². The van der Waals surface area contributed by atoms with E-state index in [2.05, 4.69) is 5.32 Å². The van der Waals surface area contributed by atoms with Crippen LogP contribution in [0.4, 0.5) is 4.39 Å². The number of nitrogens with one attached hydrogen (secondary N) is 1. The zero-order valence-corrected chi connectivity index (χ0v) is 10.4. The molecule has 100 valence electrons. The van der Waals surface area contributed by atoms with Crippen LogP contribution >= 0.6 is 0 Å². The van der Waals surface area contributed by atoms with Gasteiger partial charge in [0, 0.05) is 26.2 Å². The van der Waals surface area contributed by atoms with Crippen molar-refractivity contribution in [2.24, 2.45) is 5.73 Å². The fourth-order valence-corrected chi connectivity index (χ4v) is 2.24. The number of nitrogens with two attached hydrogens (primary N) is 1. The van der Waals surface area contributed by atoms with Gasteiger partial charge in [0.2, 0.25) is 5.91 Å². The summed E-state index contributed by atoms with van der Waals surface area (Å²) < 4.78 is 13.3. The lowest BCUT2D eigenvalue weighted by Gasteiger charge is -2.34. The van der Waals surface area contributed by atoms with E-state index in [1.54, 1.807) is 0 Å². The Balaban J connectivity index is 2.22. The van der Waals surface area contributed by atoms with Crippen LogP contribution in [0.2, 0.25) is 0 Å².